The summed E-state index contributed by atoms with van der Waals surface area (Å²) < 4.78 is 18.4. The first kappa shape index (κ1) is 30.1. The molecule has 210 valence electrons. The number of hydrazone groups is 1. The fraction of sp³-hybridized carbons (Fsp3) is 0.100. The molecule has 0 spiro atoms. The first-order valence-electron chi connectivity index (χ1n) is 12.2. The zero-order valence-corrected chi connectivity index (χ0v) is 25.6. The highest BCUT2D eigenvalue weighted by molar-refractivity contribution is 9.11. The molecule has 0 aliphatic rings. The lowest BCUT2D eigenvalue weighted by molar-refractivity contribution is -0.118. The molecule has 2 amide bonds. The number of nitrogens with one attached hydrogen (secondary N) is 2. The summed E-state index contributed by atoms with van der Waals surface area (Å²) in [5.74, 6) is 0.494. The number of benzene rings is 4. The molecule has 4 aromatic carbocycles. The van der Waals surface area contributed by atoms with Gasteiger partial charge in [0.15, 0.2) is 18.1 Å². The molecule has 0 aromatic heterocycles. The molecule has 0 bridgehead atoms. The van der Waals surface area contributed by atoms with E-state index in [1.807, 2.05) is 30.3 Å². The summed E-state index contributed by atoms with van der Waals surface area (Å²) in [4.78, 5) is 25.2. The van der Waals surface area contributed by atoms with Crippen molar-refractivity contribution in [1.29, 1.82) is 0 Å². The molecule has 0 saturated carbocycles. The quantitative estimate of drug-likeness (QED) is 0.127. The van der Waals surface area contributed by atoms with Crippen molar-refractivity contribution in [3.63, 3.8) is 0 Å². The number of methoxy groups -OCH3 is 1. The summed E-state index contributed by atoms with van der Waals surface area (Å²) in [6.45, 7) is 0.108. The maximum absolute atomic E-state index is 12.8. The van der Waals surface area contributed by atoms with Gasteiger partial charge in [-0.1, -0.05) is 57.9 Å². The Morgan fingerprint density at radius 3 is 2.41 bits per heavy atom. The lowest BCUT2D eigenvalue weighted by Gasteiger charge is -2.13. The molecule has 4 aromatic rings. The molecule has 0 unspecified atom stereocenters. The minimum absolute atomic E-state index is 0.255. The Kier molecular flexibility index (Phi) is 10.8. The minimum Gasteiger partial charge on any atom is -0.493 e. The first-order valence-corrected chi connectivity index (χ1v) is 14.1. The van der Waals surface area contributed by atoms with Crippen molar-refractivity contribution in [2.75, 3.05) is 19.0 Å². The van der Waals surface area contributed by atoms with Crippen LogP contribution in [0.3, 0.4) is 0 Å². The zero-order chi connectivity index (χ0) is 29.2. The van der Waals surface area contributed by atoms with E-state index in [2.05, 4.69) is 47.7 Å². The molecular weight excluding hydrogens is 678 g/mol. The van der Waals surface area contributed by atoms with Crippen molar-refractivity contribution < 1.29 is 23.8 Å². The smallest absolute Gasteiger partial charge is 0.271 e. The molecule has 8 nitrogen and oxygen atoms in total. The maximum atomic E-state index is 12.8. The molecule has 11 heteroatoms. The van der Waals surface area contributed by atoms with Gasteiger partial charge >= 0.3 is 0 Å². The highest BCUT2D eigenvalue weighted by Gasteiger charge is 2.14. The molecule has 0 fully saturated rings. The van der Waals surface area contributed by atoms with Gasteiger partial charge in [-0.05, 0) is 76.1 Å². The lowest BCUT2D eigenvalue weighted by atomic mass is 10.2. The van der Waals surface area contributed by atoms with Crippen molar-refractivity contribution in [3.8, 4) is 17.2 Å². The Morgan fingerprint density at radius 1 is 0.927 bits per heavy atom. The molecule has 0 saturated heterocycles. The van der Waals surface area contributed by atoms with Gasteiger partial charge in [-0.3, -0.25) is 9.59 Å². The van der Waals surface area contributed by atoms with E-state index in [1.165, 1.54) is 13.3 Å². The number of rotatable bonds is 11. The zero-order valence-electron chi connectivity index (χ0n) is 21.7. The second kappa shape index (κ2) is 14.7. The van der Waals surface area contributed by atoms with E-state index < -0.39 is 5.91 Å². The van der Waals surface area contributed by atoms with Gasteiger partial charge < -0.3 is 19.5 Å². The highest BCUT2D eigenvalue weighted by Crippen LogP contribution is 2.32. The molecule has 41 heavy (non-hydrogen) atoms. The first-order chi connectivity index (χ1) is 19.8. The van der Waals surface area contributed by atoms with Gasteiger partial charge in [-0.25, -0.2) is 5.43 Å². The van der Waals surface area contributed by atoms with Gasteiger partial charge in [0.1, 0.15) is 12.4 Å². The number of carbonyl (C=O) groups excluding carboxylic acids is 2. The molecule has 0 atom stereocenters. The molecule has 0 aliphatic carbocycles. The maximum Gasteiger partial charge on any atom is 0.271 e. The number of amides is 2. The van der Waals surface area contributed by atoms with E-state index >= 15 is 0 Å². The number of anilines is 1. The SMILES string of the molecule is COc1cc(C(=O)N/N=C/c2cc(Br)cc(Br)c2OCC(=O)Nc2ccc(Cl)cc2)ccc1OCc1ccccc1. The fourth-order valence-corrected chi connectivity index (χ4v) is 5.08. The topological polar surface area (TPSA) is 98.3 Å². The molecular formula is C30H24Br2ClN3O5. The van der Waals surface area contributed by atoms with Crippen LogP contribution in [-0.4, -0.2) is 31.7 Å². The Labute approximate surface area is 258 Å². The van der Waals surface area contributed by atoms with Crippen molar-refractivity contribution in [1.82, 2.24) is 5.43 Å². The largest absolute Gasteiger partial charge is 0.493 e. The van der Waals surface area contributed by atoms with Crippen molar-refractivity contribution in [3.05, 3.63) is 116 Å². The summed E-state index contributed by atoms with van der Waals surface area (Å²) in [5.41, 5.74) is 4.96. The summed E-state index contributed by atoms with van der Waals surface area (Å²) >= 11 is 12.8. The van der Waals surface area contributed by atoms with E-state index in [9.17, 15) is 9.59 Å². The van der Waals surface area contributed by atoms with Crippen LogP contribution in [0.15, 0.2) is 99.0 Å². The molecule has 0 heterocycles. The Hall–Kier alpha value is -3.86. The number of halogens is 3. The van der Waals surface area contributed by atoms with Crippen LogP contribution in [-0.2, 0) is 11.4 Å². The van der Waals surface area contributed by atoms with Crippen LogP contribution < -0.4 is 25.0 Å². The Morgan fingerprint density at radius 2 is 1.68 bits per heavy atom. The van der Waals surface area contributed by atoms with Gasteiger partial charge in [0.2, 0.25) is 0 Å². The van der Waals surface area contributed by atoms with E-state index in [4.69, 9.17) is 25.8 Å². The number of hydrogen-bond acceptors (Lipinski definition) is 6. The summed E-state index contributed by atoms with van der Waals surface area (Å²) in [6.07, 6.45) is 1.43. The Bertz CT molecular complexity index is 1550. The third kappa shape index (κ3) is 8.81. The van der Waals surface area contributed by atoms with Gasteiger partial charge in [0, 0.05) is 26.3 Å². The summed E-state index contributed by atoms with van der Waals surface area (Å²) in [6, 6.07) is 24.9. The van der Waals surface area contributed by atoms with Crippen molar-refractivity contribution in [2.45, 2.75) is 6.61 Å². The van der Waals surface area contributed by atoms with Gasteiger partial charge in [-0.2, -0.15) is 5.10 Å². The highest BCUT2D eigenvalue weighted by atomic mass is 79.9. The van der Waals surface area contributed by atoms with Crippen LogP contribution in [0.5, 0.6) is 17.2 Å². The summed E-state index contributed by atoms with van der Waals surface area (Å²) in [7, 11) is 1.51. The van der Waals surface area contributed by atoms with Crippen LogP contribution in [0.1, 0.15) is 21.5 Å². The van der Waals surface area contributed by atoms with E-state index in [0.717, 1.165) is 10.0 Å². The molecule has 0 radical (unpaired) electrons. The number of carbonyl (C=O) groups is 2. The second-order valence-electron chi connectivity index (χ2n) is 8.49. The third-order valence-corrected chi connectivity index (χ3v) is 6.84. The Balaban J connectivity index is 1.39. The standard InChI is InChI=1S/C30H24Br2ClN3O5/c1-39-27-14-20(7-12-26(27)40-17-19-5-3-2-4-6-19)30(38)36-34-16-21-13-22(31)15-25(32)29(21)41-18-28(37)35-24-10-8-23(33)9-11-24/h2-16H,17-18H2,1H3,(H,35,37)(H,36,38)/b34-16+. The van der Waals surface area contributed by atoms with Gasteiger partial charge in [0.05, 0.1) is 17.8 Å². The average molecular weight is 702 g/mol. The number of ether oxygens (including phenoxy) is 3. The molecule has 2 N–H and O–H groups in total. The lowest BCUT2D eigenvalue weighted by Crippen LogP contribution is -2.21. The van der Waals surface area contributed by atoms with Gasteiger partial charge in [-0.15, -0.1) is 0 Å². The van der Waals surface area contributed by atoms with E-state index in [-0.39, 0.29) is 12.5 Å². The van der Waals surface area contributed by atoms with E-state index in [1.54, 1.807) is 54.6 Å². The molecule has 4 rings (SSSR count). The third-order valence-electron chi connectivity index (χ3n) is 5.55. The van der Waals surface area contributed by atoms with Crippen LogP contribution in [0.25, 0.3) is 0 Å². The summed E-state index contributed by atoms with van der Waals surface area (Å²) in [5, 5.41) is 7.39. The minimum atomic E-state index is -0.451. The predicted octanol–water partition coefficient (Wildman–Crippen LogP) is 7.23. The predicted molar refractivity (Wildman–Crippen MR) is 166 cm³/mol. The van der Waals surface area contributed by atoms with Crippen LogP contribution in [0.2, 0.25) is 5.02 Å². The van der Waals surface area contributed by atoms with Crippen molar-refractivity contribution >= 4 is 67.2 Å². The normalized spacial score (nSPS) is 10.7. The van der Waals surface area contributed by atoms with Gasteiger partial charge in [0.25, 0.3) is 11.8 Å². The van der Waals surface area contributed by atoms with Crippen molar-refractivity contribution in [2.24, 2.45) is 5.10 Å². The average Bonchev–Trinajstić information content (AvgIpc) is 2.97. The molecule has 0 aliphatic heterocycles. The second-order valence-corrected chi connectivity index (χ2v) is 10.7. The number of hydrogen-bond donors (Lipinski definition) is 2. The number of nitrogens with zero attached hydrogens (tertiary/aromatic N) is 1. The van der Waals surface area contributed by atoms with E-state index in [0.29, 0.717) is 50.2 Å². The van der Waals surface area contributed by atoms with Crippen LogP contribution in [0.4, 0.5) is 5.69 Å². The van der Waals surface area contributed by atoms with Crippen LogP contribution in [0, 0.1) is 0 Å². The monoisotopic (exact) mass is 699 g/mol. The van der Waals surface area contributed by atoms with Crippen LogP contribution >= 0.6 is 43.5 Å². The fourth-order valence-electron chi connectivity index (χ4n) is 3.58.